The molecule has 1 aromatic heterocycles. The highest BCUT2D eigenvalue weighted by Crippen LogP contribution is 2.37. The summed E-state index contributed by atoms with van der Waals surface area (Å²) in [5, 5.41) is 27.6. The second-order valence-corrected chi connectivity index (χ2v) is 4.80. The highest BCUT2D eigenvalue weighted by atomic mass is 16.3. The number of phenolic OH excluding ortho intramolecular Hbond substituents is 1. The van der Waals surface area contributed by atoms with Crippen molar-refractivity contribution in [3.05, 3.63) is 54.1 Å². The Balaban J connectivity index is 1.97. The van der Waals surface area contributed by atoms with Crippen LogP contribution in [-0.2, 0) is 7.05 Å². The van der Waals surface area contributed by atoms with Gasteiger partial charge in [0.15, 0.2) is 5.69 Å². The molecule has 0 aliphatic carbocycles. The lowest BCUT2D eigenvalue weighted by atomic mass is 10.2. The molecule has 6 nitrogen and oxygen atoms in total. The Morgan fingerprint density at radius 1 is 1.05 bits per heavy atom. The first-order chi connectivity index (χ1) is 10.6. The van der Waals surface area contributed by atoms with Gasteiger partial charge in [-0.05, 0) is 30.3 Å². The number of hydrogen-bond acceptors (Lipinski definition) is 4. The molecule has 2 aromatic carbocycles. The van der Waals surface area contributed by atoms with Crippen molar-refractivity contribution in [1.29, 1.82) is 0 Å². The van der Waals surface area contributed by atoms with Gasteiger partial charge in [-0.2, -0.15) is 0 Å². The fourth-order valence-corrected chi connectivity index (χ4v) is 2.22. The monoisotopic (exact) mass is 295 g/mol. The average molecular weight is 295 g/mol. The molecule has 0 bridgehead atoms. The van der Waals surface area contributed by atoms with Crippen LogP contribution in [0.15, 0.2) is 58.8 Å². The lowest BCUT2D eigenvalue weighted by molar-refractivity contribution is 0.0995. The van der Waals surface area contributed by atoms with Crippen LogP contribution in [0.25, 0.3) is 10.9 Å². The summed E-state index contributed by atoms with van der Waals surface area (Å²) < 4.78 is 1.58. The maximum Gasteiger partial charge on any atom is 0.295 e. The topological polar surface area (TPSA) is 87.2 Å². The van der Waals surface area contributed by atoms with E-state index in [0.29, 0.717) is 10.9 Å². The SMILES string of the molecule is Cn1c(O)c(N=NC(=O)c2ccc(O)cc2)c2ccccc21. The van der Waals surface area contributed by atoms with Gasteiger partial charge in [-0.3, -0.25) is 4.79 Å². The van der Waals surface area contributed by atoms with Gasteiger partial charge in [0.1, 0.15) is 5.75 Å². The predicted octanol–water partition coefficient (Wildman–Crippen LogP) is 3.51. The molecule has 0 spiro atoms. The van der Waals surface area contributed by atoms with Gasteiger partial charge in [0.2, 0.25) is 5.88 Å². The van der Waals surface area contributed by atoms with Crippen LogP contribution in [0, 0.1) is 0 Å². The maximum absolute atomic E-state index is 12.0. The van der Waals surface area contributed by atoms with Crippen molar-refractivity contribution in [2.45, 2.75) is 0 Å². The van der Waals surface area contributed by atoms with Crippen molar-refractivity contribution in [3.63, 3.8) is 0 Å². The maximum atomic E-state index is 12.0. The fraction of sp³-hybridized carbons (Fsp3) is 0.0625. The van der Waals surface area contributed by atoms with Crippen molar-refractivity contribution in [2.24, 2.45) is 17.3 Å². The third-order valence-electron chi connectivity index (χ3n) is 3.41. The summed E-state index contributed by atoms with van der Waals surface area (Å²) >= 11 is 0. The minimum atomic E-state index is -0.549. The second-order valence-electron chi connectivity index (χ2n) is 4.80. The van der Waals surface area contributed by atoms with Crippen LogP contribution in [0.1, 0.15) is 10.4 Å². The quantitative estimate of drug-likeness (QED) is 0.709. The molecule has 0 aliphatic rings. The summed E-state index contributed by atoms with van der Waals surface area (Å²) in [5.74, 6) is -0.532. The Kier molecular flexibility index (Phi) is 3.34. The summed E-state index contributed by atoms with van der Waals surface area (Å²) in [6.07, 6.45) is 0. The minimum Gasteiger partial charge on any atom is -0.508 e. The lowest BCUT2D eigenvalue weighted by Gasteiger charge is -1.96. The first-order valence-electron chi connectivity index (χ1n) is 6.59. The van der Waals surface area contributed by atoms with Gasteiger partial charge in [-0.25, -0.2) is 0 Å². The normalized spacial score (nSPS) is 11.3. The van der Waals surface area contributed by atoms with E-state index in [-0.39, 0.29) is 17.3 Å². The van der Waals surface area contributed by atoms with Crippen LogP contribution < -0.4 is 0 Å². The Morgan fingerprint density at radius 2 is 1.73 bits per heavy atom. The molecule has 3 aromatic rings. The van der Waals surface area contributed by atoms with Crippen molar-refractivity contribution in [3.8, 4) is 11.6 Å². The van der Waals surface area contributed by atoms with Crippen molar-refractivity contribution in [1.82, 2.24) is 4.57 Å². The van der Waals surface area contributed by atoms with E-state index in [4.69, 9.17) is 0 Å². The first kappa shape index (κ1) is 13.8. The second kappa shape index (κ2) is 5.33. The predicted molar refractivity (Wildman–Crippen MR) is 81.5 cm³/mol. The van der Waals surface area contributed by atoms with Gasteiger partial charge in [-0.1, -0.05) is 18.2 Å². The number of hydrogen-bond donors (Lipinski definition) is 2. The summed E-state index contributed by atoms with van der Waals surface area (Å²) in [4.78, 5) is 12.0. The number of aryl methyl sites for hydroxylation is 1. The van der Waals surface area contributed by atoms with Crippen molar-refractivity contribution < 1.29 is 15.0 Å². The minimum absolute atomic E-state index is 0.0524. The molecule has 6 heteroatoms. The van der Waals surface area contributed by atoms with Gasteiger partial charge in [0.25, 0.3) is 5.91 Å². The van der Waals surface area contributed by atoms with E-state index >= 15 is 0 Å². The number of aromatic nitrogens is 1. The standard InChI is InChI=1S/C16H13N3O3/c1-19-13-5-3-2-4-12(13)14(16(19)22)17-18-15(21)10-6-8-11(20)9-7-10/h2-9,20,22H,1H3. The number of benzene rings is 2. The number of azo groups is 1. The van der Waals surface area contributed by atoms with Gasteiger partial charge < -0.3 is 14.8 Å². The highest BCUT2D eigenvalue weighted by molar-refractivity contribution is 5.97. The number of fused-ring (bicyclic) bond motifs is 1. The van der Waals surface area contributed by atoms with E-state index in [1.165, 1.54) is 24.3 Å². The van der Waals surface area contributed by atoms with Crippen LogP contribution in [-0.4, -0.2) is 20.7 Å². The molecule has 1 heterocycles. The summed E-state index contributed by atoms with van der Waals surface area (Å²) in [7, 11) is 1.71. The summed E-state index contributed by atoms with van der Waals surface area (Å²) in [6, 6.07) is 13.0. The average Bonchev–Trinajstić information content (AvgIpc) is 2.78. The Morgan fingerprint density at radius 3 is 2.45 bits per heavy atom. The van der Waals surface area contributed by atoms with E-state index in [9.17, 15) is 15.0 Å². The molecular weight excluding hydrogens is 282 g/mol. The number of para-hydroxylation sites is 1. The molecule has 0 aliphatic heterocycles. The summed E-state index contributed by atoms with van der Waals surface area (Å²) in [5.41, 5.74) is 1.36. The molecular formula is C16H13N3O3. The number of nitrogens with zero attached hydrogens (tertiary/aromatic N) is 3. The Bertz CT molecular complexity index is 880. The van der Waals surface area contributed by atoms with E-state index in [2.05, 4.69) is 10.2 Å². The van der Waals surface area contributed by atoms with Gasteiger partial charge in [0, 0.05) is 18.0 Å². The highest BCUT2D eigenvalue weighted by Gasteiger charge is 2.14. The van der Waals surface area contributed by atoms with Crippen LogP contribution in [0.3, 0.4) is 0 Å². The number of carbonyl (C=O) groups excluding carboxylic acids is 1. The molecule has 110 valence electrons. The van der Waals surface area contributed by atoms with E-state index in [1.807, 2.05) is 18.2 Å². The van der Waals surface area contributed by atoms with E-state index < -0.39 is 5.91 Å². The van der Waals surface area contributed by atoms with Crippen molar-refractivity contribution in [2.75, 3.05) is 0 Å². The molecule has 1 amide bonds. The molecule has 0 saturated carbocycles. The zero-order valence-corrected chi connectivity index (χ0v) is 11.8. The van der Waals surface area contributed by atoms with Gasteiger partial charge in [-0.15, -0.1) is 10.2 Å². The third kappa shape index (κ3) is 2.31. The van der Waals surface area contributed by atoms with Crippen LogP contribution in [0.5, 0.6) is 11.6 Å². The lowest BCUT2D eigenvalue weighted by Crippen LogP contribution is -1.92. The van der Waals surface area contributed by atoms with Crippen molar-refractivity contribution >= 4 is 22.5 Å². The molecule has 2 N–H and O–H groups in total. The van der Waals surface area contributed by atoms with E-state index in [0.717, 1.165) is 5.52 Å². The van der Waals surface area contributed by atoms with Crippen LogP contribution in [0.2, 0.25) is 0 Å². The molecule has 0 saturated heterocycles. The largest absolute Gasteiger partial charge is 0.508 e. The molecule has 0 radical (unpaired) electrons. The smallest absolute Gasteiger partial charge is 0.295 e. The molecule has 0 fully saturated rings. The fourth-order valence-electron chi connectivity index (χ4n) is 2.22. The molecule has 0 atom stereocenters. The molecule has 0 unspecified atom stereocenters. The van der Waals surface area contributed by atoms with Crippen LogP contribution in [0.4, 0.5) is 5.69 Å². The van der Waals surface area contributed by atoms with Gasteiger partial charge >= 0.3 is 0 Å². The number of aromatic hydroxyl groups is 2. The number of rotatable bonds is 2. The first-order valence-corrected chi connectivity index (χ1v) is 6.59. The zero-order valence-electron chi connectivity index (χ0n) is 11.8. The van der Waals surface area contributed by atoms with Gasteiger partial charge in [0.05, 0.1) is 5.52 Å². The number of amides is 1. The number of phenols is 1. The zero-order chi connectivity index (χ0) is 15.7. The van der Waals surface area contributed by atoms with E-state index in [1.54, 1.807) is 17.7 Å². The third-order valence-corrected chi connectivity index (χ3v) is 3.41. The number of carbonyl (C=O) groups is 1. The van der Waals surface area contributed by atoms with Crippen LogP contribution >= 0.6 is 0 Å². The molecule has 3 rings (SSSR count). The Labute approximate surface area is 126 Å². The Hall–Kier alpha value is -3.15. The summed E-state index contributed by atoms with van der Waals surface area (Å²) in [6.45, 7) is 0. The molecule has 22 heavy (non-hydrogen) atoms.